The van der Waals surface area contributed by atoms with Crippen molar-refractivity contribution < 1.29 is 9.90 Å². The van der Waals surface area contributed by atoms with Gasteiger partial charge in [-0.15, -0.1) is 11.3 Å². The number of aliphatic hydroxyl groups excluding tert-OH is 1. The Morgan fingerprint density at radius 1 is 1.69 bits per heavy atom. The van der Waals surface area contributed by atoms with E-state index >= 15 is 0 Å². The van der Waals surface area contributed by atoms with Crippen LogP contribution in [0.25, 0.3) is 0 Å². The summed E-state index contributed by atoms with van der Waals surface area (Å²) >= 11 is 1.40. The summed E-state index contributed by atoms with van der Waals surface area (Å²) in [6.45, 7) is 4.74. The highest BCUT2D eigenvalue weighted by Crippen LogP contribution is 2.11. The molecule has 0 bridgehead atoms. The number of amides is 1. The Hall–Kier alpha value is -0.940. The van der Waals surface area contributed by atoms with Gasteiger partial charge in [-0.25, -0.2) is 4.98 Å². The molecule has 0 fully saturated rings. The van der Waals surface area contributed by atoms with Crippen molar-refractivity contribution in [2.45, 2.75) is 26.7 Å². The van der Waals surface area contributed by atoms with Crippen molar-refractivity contribution in [2.24, 2.45) is 5.92 Å². The van der Waals surface area contributed by atoms with Crippen LogP contribution in [0.15, 0.2) is 6.20 Å². The molecular formula is C11H18N2O2S. The molecule has 1 aromatic rings. The average Bonchev–Trinajstić information content (AvgIpc) is 2.70. The Balaban J connectivity index is 2.21. The minimum absolute atomic E-state index is 0.0535. The summed E-state index contributed by atoms with van der Waals surface area (Å²) in [7, 11) is 0. The molecule has 0 aliphatic heterocycles. The molecule has 1 rings (SSSR count). The molecule has 1 aromatic heterocycles. The lowest BCUT2D eigenvalue weighted by molar-refractivity contribution is 0.0956. The molecule has 0 aliphatic rings. The number of hydrogen-bond donors (Lipinski definition) is 2. The largest absolute Gasteiger partial charge is 0.396 e. The van der Waals surface area contributed by atoms with E-state index in [0.29, 0.717) is 17.3 Å². The number of thiazole rings is 1. The van der Waals surface area contributed by atoms with Gasteiger partial charge >= 0.3 is 0 Å². The van der Waals surface area contributed by atoms with Crippen molar-refractivity contribution >= 4 is 17.2 Å². The van der Waals surface area contributed by atoms with Crippen LogP contribution in [-0.4, -0.2) is 29.1 Å². The fourth-order valence-corrected chi connectivity index (χ4v) is 1.99. The number of rotatable bonds is 6. The van der Waals surface area contributed by atoms with Crippen LogP contribution >= 0.6 is 11.3 Å². The number of aromatic nitrogens is 1. The summed E-state index contributed by atoms with van der Waals surface area (Å²) in [6, 6.07) is 0. The Bertz CT molecular complexity index is 338. The van der Waals surface area contributed by atoms with E-state index in [4.69, 9.17) is 5.11 Å². The molecule has 4 nitrogen and oxygen atoms in total. The molecule has 0 spiro atoms. The maximum atomic E-state index is 11.6. The van der Waals surface area contributed by atoms with E-state index in [2.05, 4.69) is 10.3 Å². The van der Waals surface area contributed by atoms with Gasteiger partial charge < -0.3 is 10.4 Å². The maximum Gasteiger partial charge on any atom is 0.263 e. The predicted molar refractivity (Wildman–Crippen MR) is 64.7 cm³/mol. The fourth-order valence-electron chi connectivity index (χ4n) is 1.30. The van der Waals surface area contributed by atoms with Gasteiger partial charge in [-0.1, -0.05) is 6.92 Å². The van der Waals surface area contributed by atoms with E-state index < -0.39 is 0 Å². The molecule has 0 radical (unpaired) electrons. The number of aliphatic hydroxyl groups is 1. The van der Waals surface area contributed by atoms with Gasteiger partial charge in [0.05, 0.1) is 11.2 Å². The van der Waals surface area contributed by atoms with Gasteiger partial charge in [0.2, 0.25) is 0 Å². The third-order valence-corrected chi connectivity index (χ3v) is 3.23. The van der Waals surface area contributed by atoms with Crippen LogP contribution in [0.5, 0.6) is 0 Å². The number of carbonyl (C=O) groups excluding carboxylic acids is 1. The monoisotopic (exact) mass is 242 g/mol. The van der Waals surface area contributed by atoms with Gasteiger partial charge in [-0.3, -0.25) is 4.79 Å². The second-order valence-corrected chi connectivity index (χ2v) is 5.16. The number of nitrogens with one attached hydrogen (secondary N) is 1. The Morgan fingerprint density at radius 2 is 2.44 bits per heavy atom. The molecule has 16 heavy (non-hydrogen) atoms. The molecule has 1 unspecified atom stereocenters. The Labute approximate surface area is 99.7 Å². The van der Waals surface area contributed by atoms with Crippen LogP contribution in [0.1, 0.15) is 34.4 Å². The quantitative estimate of drug-likeness (QED) is 0.745. The van der Waals surface area contributed by atoms with Crippen molar-refractivity contribution in [3.63, 3.8) is 0 Å². The van der Waals surface area contributed by atoms with Gasteiger partial charge in [0.1, 0.15) is 4.88 Å². The van der Waals surface area contributed by atoms with Crippen molar-refractivity contribution in [3.05, 3.63) is 16.1 Å². The summed E-state index contributed by atoms with van der Waals surface area (Å²) in [5.41, 5.74) is 0. The molecule has 90 valence electrons. The molecule has 0 saturated heterocycles. The van der Waals surface area contributed by atoms with Crippen LogP contribution in [-0.2, 0) is 0 Å². The lowest BCUT2D eigenvalue weighted by Gasteiger charge is -2.07. The lowest BCUT2D eigenvalue weighted by Crippen LogP contribution is -2.24. The fraction of sp³-hybridized carbons (Fsp3) is 0.636. The highest BCUT2D eigenvalue weighted by Gasteiger charge is 2.08. The normalized spacial score (nSPS) is 12.4. The Kier molecular flexibility index (Phi) is 5.42. The summed E-state index contributed by atoms with van der Waals surface area (Å²) in [5.74, 6) is 0.254. The lowest BCUT2D eigenvalue weighted by atomic mass is 10.1. The van der Waals surface area contributed by atoms with E-state index in [-0.39, 0.29) is 12.5 Å². The van der Waals surface area contributed by atoms with E-state index in [0.717, 1.165) is 17.8 Å². The number of hydrogen-bond acceptors (Lipinski definition) is 4. The molecule has 0 aromatic carbocycles. The molecule has 0 aliphatic carbocycles. The molecule has 2 N–H and O–H groups in total. The smallest absolute Gasteiger partial charge is 0.263 e. The number of nitrogens with zero attached hydrogens (tertiary/aromatic N) is 1. The van der Waals surface area contributed by atoms with Crippen LogP contribution < -0.4 is 5.32 Å². The molecule has 1 atom stereocenters. The first-order valence-corrected chi connectivity index (χ1v) is 6.26. The van der Waals surface area contributed by atoms with Gasteiger partial charge in [0.15, 0.2) is 0 Å². The number of aryl methyl sites for hydroxylation is 1. The maximum absolute atomic E-state index is 11.6. The van der Waals surface area contributed by atoms with Crippen LogP contribution in [0.4, 0.5) is 0 Å². The van der Waals surface area contributed by atoms with Crippen LogP contribution in [0, 0.1) is 12.8 Å². The molecule has 1 amide bonds. The minimum atomic E-state index is -0.0535. The standard InChI is InChI=1S/C11H18N2O2S/c1-8(7-14)4-3-5-12-11(15)10-6-13-9(2)16-10/h6,8,14H,3-5,7H2,1-2H3,(H,12,15). The second-order valence-electron chi connectivity index (χ2n) is 3.93. The average molecular weight is 242 g/mol. The van der Waals surface area contributed by atoms with Gasteiger partial charge in [0, 0.05) is 13.2 Å². The summed E-state index contributed by atoms with van der Waals surface area (Å²) < 4.78 is 0. The van der Waals surface area contributed by atoms with E-state index in [1.54, 1.807) is 6.20 Å². The first-order valence-electron chi connectivity index (χ1n) is 5.45. The SMILES string of the molecule is Cc1ncc(C(=O)NCCCC(C)CO)s1. The van der Waals surface area contributed by atoms with Crippen LogP contribution in [0.2, 0.25) is 0 Å². The van der Waals surface area contributed by atoms with Gasteiger partial charge in [-0.05, 0) is 25.7 Å². The van der Waals surface area contributed by atoms with E-state index in [1.165, 1.54) is 11.3 Å². The van der Waals surface area contributed by atoms with E-state index in [1.807, 2.05) is 13.8 Å². The summed E-state index contributed by atoms with van der Waals surface area (Å²) in [5, 5.41) is 12.6. The molecule has 0 saturated carbocycles. The molecule has 5 heteroatoms. The zero-order valence-corrected chi connectivity index (χ0v) is 10.5. The summed E-state index contributed by atoms with van der Waals surface area (Å²) in [6.07, 6.45) is 3.43. The molecule has 1 heterocycles. The van der Waals surface area contributed by atoms with Crippen molar-refractivity contribution in [1.29, 1.82) is 0 Å². The third kappa shape index (κ3) is 4.28. The van der Waals surface area contributed by atoms with Gasteiger partial charge in [-0.2, -0.15) is 0 Å². The number of carbonyl (C=O) groups is 1. The predicted octanol–water partition coefficient (Wildman–Crippen LogP) is 1.59. The zero-order valence-electron chi connectivity index (χ0n) is 9.69. The van der Waals surface area contributed by atoms with Crippen LogP contribution in [0.3, 0.4) is 0 Å². The van der Waals surface area contributed by atoms with Crippen molar-refractivity contribution in [2.75, 3.05) is 13.2 Å². The second kappa shape index (κ2) is 6.60. The highest BCUT2D eigenvalue weighted by atomic mass is 32.1. The van der Waals surface area contributed by atoms with Crippen molar-refractivity contribution in [1.82, 2.24) is 10.3 Å². The zero-order chi connectivity index (χ0) is 12.0. The first kappa shape index (κ1) is 13.1. The minimum Gasteiger partial charge on any atom is -0.396 e. The first-order chi connectivity index (χ1) is 7.63. The topological polar surface area (TPSA) is 62.2 Å². The highest BCUT2D eigenvalue weighted by molar-refractivity contribution is 7.13. The molecular weight excluding hydrogens is 224 g/mol. The van der Waals surface area contributed by atoms with E-state index in [9.17, 15) is 4.79 Å². The Morgan fingerprint density at radius 3 is 3.00 bits per heavy atom. The van der Waals surface area contributed by atoms with Crippen molar-refractivity contribution in [3.8, 4) is 0 Å². The van der Waals surface area contributed by atoms with Gasteiger partial charge in [0.25, 0.3) is 5.91 Å². The third-order valence-electron chi connectivity index (χ3n) is 2.32. The summed E-state index contributed by atoms with van der Waals surface area (Å²) in [4.78, 5) is 16.3.